The van der Waals surface area contributed by atoms with Gasteiger partial charge < -0.3 is 5.73 Å². The molecule has 0 aliphatic heterocycles. The van der Waals surface area contributed by atoms with E-state index in [0.29, 0.717) is 11.8 Å². The normalized spacial score (nSPS) is 9.91. The van der Waals surface area contributed by atoms with Crippen LogP contribution in [0.5, 0.6) is 0 Å². The number of hydrogen-bond acceptors (Lipinski definition) is 3. The van der Waals surface area contributed by atoms with Gasteiger partial charge in [0.15, 0.2) is 0 Å². The number of hydrogen-bond donors (Lipinski definition) is 1. The van der Waals surface area contributed by atoms with E-state index >= 15 is 0 Å². The Morgan fingerprint density at radius 2 is 1.36 bits per heavy atom. The SMILES string of the molecule is CC(C)c1ccccc1N.CC(C)c1ccccc1N=C=O. The smallest absolute Gasteiger partial charge is 0.240 e. The number of isocyanates is 1. The van der Waals surface area contributed by atoms with E-state index < -0.39 is 0 Å². The van der Waals surface area contributed by atoms with Crippen LogP contribution in [0.4, 0.5) is 11.4 Å². The second-order valence-electron chi connectivity index (χ2n) is 5.70. The van der Waals surface area contributed by atoms with E-state index in [1.165, 1.54) is 5.56 Å². The van der Waals surface area contributed by atoms with Gasteiger partial charge >= 0.3 is 0 Å². The number of nitrogens with zero attached hydrogens (tertiary/aromatic N) is 1. The minimum atomic E-state index is 0.387. The molecule has 116 valence electrons. The van der Waals surface area contributed by atoms with Crippen molar-refractivity contribution in [3.05, 3.63) is 59.7 Å². The largest absolute Gasteiger partial charge is 0.398 e. The highest BCUT2D eigenvalue weighted by molar-refractivity contribution is 5.54. The molecule has 0 heterocycles. The van der Waals surface area contributed by atoms with E-state index in [0.717, 1.165) is 16.9 Å². The second-order valence-corrected chi connectivity index (χ2v) is 5.70. The Bertz CT molecular complexity index is 641. The van der Waals surface area contributed by atoms with Crippen molar-refractivity contribution in [2.75, 3.05) is 5.73 Å². The molecule has 2 aromatic rings. The maximum atomic E-state index is 10.1. The lowest BCUT2D eigenvalue weighted by atomic mass is 10.0. The van der Waals surface area contributed by atoms with Gasteiger partial charge in [0, 0.05) is 5.69 Å². The van der Waals surface area contributed by atoms with Gasteiger partial charge in [0.25, 0.3) is 0 Å². The van der Waals surface area contributed by atoms with Crippen LogP contribution in [-0.4, -0.2) is 6.08 Å². The molecule has 0 fully saturated rings. The van der Waals surface area contributed by atoms with Crippen molar-refractivity contribution in [2.45, 2.75) is 39.5 Å². The van der Waals surface area contributed by atoms with Crippen molar-refractivity contribution in [1.82, 2.24) is 0 Å². The van der Waals surface area contributed by atoms with E-state index in [1.807, 2.05) is 42.5 Å². The first-order chi connectivity index (χ1) is 10.5. The third-order valence-corrected chi connectivity index (χ3v) is 3.34. The van der Waals surface area contributed by atoms with Gasteiger partial charge in [-0.1, -0.05) is 64.1 Å². The molecule has 0 radical (unpaired) electrons. The van der Waals surface area contributed by atoms with Gasteiger partial charge in [-0.25, -0.2) is 4.79 Å². The van der Waals surface area contributed by atoms with Crippen LogP contribution in [0, 0.1) is 0 Å². The van der Waals surface area contributed by atoms with E-state index in [2.05, 4.69) is 38.8 Å². The first-order valence-electron chi connectivity index (χ1n) is 7.48. The lowest BCUT2D eigenvalue weighted by molar-refractivity contribution is 0.565. The Balaban J connectivity index is 0.000000224. The monoisotopic (exact) mass is 296 g/mol. The average Bonchev–Trinajstić information content (AvgIpc) is 2.49. The molecular weight excluding hydrogens is 272 g/mol. The van der Waals surface area contributed by atoms with Crippen molar-refractivity contribution in [2.24, 2.45) is 4.99 Å². The zero-order chi connectivity index (χ0) is 16.5. The summed E-state index contributed by atoms with van der Waals surface area (Å²) in [6, 6.07) is 15.6. The number of anilines is 1. The number of rotatable bonds is 3. The Morgan fingerprint density at radius 1 is 0.864 bits per heavy atom. The highest BCUT2D eigenvalue weighted by atomic mass is 16.1. The molecule has 0 atom stereocenters. The maximum Gasteiger partial charge on any atom is 0.240 e. The van der Waals surface area contributed by atoms with Crippen molar-refractivity contribution >= 4 is 17.5 Å². The Kier molecular flexibility index (Phi) is 7.07. The molecule has 2 aromatic carbocycles. The van der Waals surface area contributed by atoms with E-state index in [9.17, 15) is 4.79 Å². The third-order valence-electron chi connectivity index (χ3n) is 3.34. The van der Waals surface area contributed by atoms with Gasteiger partial charge in [-0.2, -0.15) is 4.99 Å². The van der Waals surface area contributed by atoms with Crippen LogP contribution < -0.4 is 5.73 Å². The minimum absolute atomic E-state index is 0.387. The number of carbonyl (C=O) groups excluding carboxylic acids is 1. The van der Waals surface area contributed by atoms with Gasteiger partial charge in [0.1, 0.15) is 0 Å². The first-order valence-corrected chi connectivity index (χ1v) is 7.48. The molecule has 0 saturated heterocycles. The zero-order valence-electron chi connectivity index (χ0n) is 13.7. The minimum Gasteiger partial charge on any atom is -0.398 e. The summed E-state index contributed by atoms with van der Waals surface area (Å²) in [5.74, 6) is 0.916. The Hall–Kier alpha value is -2.38. The fourth-order valence-electron chi connectivity index (χ4n) is 2.16. The van der Waals surface area contributed by atoms with Crippen LogP contribution in [0.2, 0.25) is 0 Å². The van der Waals surface area contributed by atoms with Crippen molar-refractivity contribution < 1.29 is 4.79 Å². The number of nitrogen functional groups attached to an aromatic ring is 1. The number of benzene rings is 2. The zero-order valence-corrected chi connectivity index (χ0v) is 13.7. The molecule has 0 saturated carbocycles. The molecule has 3 heteroatoms. The van der Waals surface area contributed by atoms with Gasteiger partial charge in [-0.15, -0.1) is 0 Å². The summed E-state index contributed by atoms with van der Waals surface area (Å²) < 4.78 is 0. The lowest BCUT2D eigenvalue weighted by Crippen LogP contribution is -1.94. The van der Waals surface area contributed by atoms with Gasteiger partial charge in [-0.3, -0.25) is 0 Å². The molecule has 0 amide bonds. The number of nitrogens with two attached hydrogens (primary N) is 1. The summed E-state index contributed by atoms with van der Waals surface area (Å²) in [5.41, 5.74) is 9.67. The van der Waals surface area contributed by atoms with Crippen molar-refractivity contribution in [3.63, 3.8) is 0 Å². The molecule has 0 aliphatic rings. The summed E-state index contributed by atoms with van der Waals surface area (Å²) in [6.07, 6.45) is 1.55. The molecule has 0 spiro atoms. The van der Waals surface area contributed by atoms with Crippen LogP contribution >= 0.6 is 0 Å². The summed E-state index contributed by atoms with van der Waals surface area (Å²) in [6.45, 7) is 8.43. The highest BCUT2D eigenvalue weighted by Gasteiger charge is 2.03. The van der Waals surface area contributed by atoms with Crippen LogP contribution in [0.15, 0.2) is 53.5 Å². The predicted octanol–water partition coefficient (Wildman–Crippen LogP) is 5.17. The number of aliphatic imine (C=N–C) groups is 1. The Labute approximate surface area is 132 Å². The summed E-state index contributed by atoms with van der Waals surface area (Å²) in [5, 5.41) is 0. The van der Waals surface area contributed by atoms with Gasteiger partial charge in [0.05, 0.1) is 5.69 Å². The van der Waals surface area contributed by atoms with Crippen LogP contribution in [-0.2, 0) is 4.79 Å². The molecule has 0 unspecified atom stereocenters. The molecule has 0 aliphatic carbocycles. The van der Waals surface area contributed by atoms with Crippen LogP contribution in [0.3, 0.4) is 0 Å². The quantitative estimate of drug-likeness (QED) is 0.482. The molecule has 0 bridgehead atoms. The molecule has 2 rings (SSSR count). The second kappa shape index (κ2) is 8.81. The fourth-order valence-corrected chi connectivity index (χ4v) is 2.16. The maximum absolute atomic E-state index is 10.1. The average molecular weight is 296 g/mol. The topological polar surface area (TPSA) is 55.4 Å². The van der Waals surface area contributed by atoms with E-state index in [1.54, 1.807) is 6.08 Å². The van der Waals surface area contributed by atoms with Crippen LogP contribution in [0.25, 0.3) is 0 Å². The Morgan fingerprint density at radius 3 is 1.82 bits per heavy atom. The summed E-state index contributed by atoms with van der Waals surface area (Å²) in [7, 11) is 0. The highest BCUT2D eigenvalue weighted by Crippen LogP contribution is 2.25. The molecular formula is C19H24N2O. The fraction of sp³-hybridized carbons (Fsp3) is 0.316. The summed E-state index contributed by atoms with van der Waals surface area (Å²) >= 11 is 0. The van der Waals surface area contributed by atoms with Crippen LogP contribution in [0.1, 0.15) is 50.7 Å². The van der Waals surface area contributed by atoms with Crippen molar-refractivity contribution in [1.29, 1.82) is 0 Å². The summed E-state index contributed by atoms with van der Waals surface area (Å²) in [4.78, 5) is 13.7. The van der Waals surface area contributed by atoms with Gasteiger partial charge in [0.2, 0.25) is 6.08 Å². The molecule has 3 nitrogen and oxygen atoms in total. The lowest BCUT2D eigenvalue weighted by Gasteiger charge is -2.07. The van der Waals surface area contributed by atoms with Gasteiger partial charge in [-0.05, 0) is 35.1 Å². The molecule has 22 heavy (non-hydrogen) atoms. The number of para-hydroxylation sites is 2. The first kappa shape index (κ1) is 17.7. The van der Waals surface area contributed by atoms with Crippen molar-refractivity contribution in [3.8, 4) is 0 Å². The third kappa shape index (κ3) is 5.19. The van der Waals surface area contributed by atoms with E-state index in [-0.39, 0.29) is 0 Å². The molecule has 2 N–H and O–H groups in total. The predicted molar refractivity (Wildman–Crippen MR) is 93.3 cm³/mol. The van der Waals surface area contributed by atoms with E-state index in [4.69, 9.17) is 5.73 Å². The molecule has 0 aromatic heterocycles. The standard InChI is InChI=1S/C10H11NO.C9H13N/c1-8(2)9-5-3-4-6-10(9)11-7-12;1-7(2)8-5-3-4-6-9(8)10/h3-6,8H,1-2H3;3-7H,10H2,1-2H3.